The molecule has 0 saturated heterocycles. The van der Waals surface area contributed by atoms with Crippen LogP contribution in [-0.2, 0) is 6.54 Å². The van der Waals surface area contributed by atoms with E-state index in [1.807, 2.05) is 0 Å². The molecule has 0 aromatic carbocycles. The second-order valence-corrected chi connectivity index (χ2v) is 6.06. The van der Waals surface area contributed by atoms with Crippen LogP contribution in [0.2, 0.25) is 0 Å². The number of aromatic nitrogens is 1. The average molecular weight is 313 g/mol. The lowest BCUT2D eigenvalue weighted by Crippen LogP contribution is -2.49. The number of hydrogen-bond donors (Lipinski definition) is 3. The smallest absolute Gasteiger partial charge is 0.355 e. The van der Waals surface area contributed by atoms with Gasteiger partial charge in [-0.3, -0.25) is 0 Å². The average Bonchev–Trinajstić information content (AvgIpc) is 2.93. The molecule has 3 N–H and O–H groups in total. The molecule has 2 unspecified atom stereocenters. The van der Waals surface area contributed by atoms with Crippen LogP contribution >= 0.6 is 11.3 Å². The number of rotatable bonds is 4. The van der Waals surface area contributed by atoms with Crippen molar-refractivity contribution >= 4 is 23.3 Å². The zero-order chi connectivity index (χ0) is 15.4. The molecule has 1 fully saturated rings. The summed E-state index contributed by atoms with van der Waals surface area (Å²) in [6.07, 6.45) is 3.04. The number of aliphatic hydroxyl groups excluding tert-OH is 1. The van der Waals surface area contributed by atoms with E-state index in [2.05, 4.69) is 10.3 Å². The Morgan fingerprint density at radius 1 is 1.48 bits per heavy atom. The van der Waals surface area contributed by atoms with Gasteiger partial charge in [0.1, 0.15) is 5.01 Å². The fraction of sp³-hybridized carbons (Fsp3) is 0.615. The SMILES string of the molecule is CN(C(=O)NCc1nc(C(=O)O)cs1)C1CCCCC1O. The molecule has 2 atom stereocenters. The van der Waals surface area contributed by atoms with E-state index < -0.39 is 12.1 Å². The maximum Gasteiger partial charge on any atom is 0.355 e. The fourth-order valence-electron chi connectivity index (χ4n) is 2.46. The van der Waals surface area contributed by atoms with Crippen LogP contribution in [0.4, 0.5) is 4.79 Å². The van der Waals surface area contributed by atoms with Crippen LogP contribution in [0.1, 0.15) is 41.2 Å². The minimum atomic E-state index is -1.08. The molecule has 0 bridgehead atoms. The molecule has 21 heavy (non-hydrogen) atoms. The van der Waals surface area contributed by atoms with Gasteiger partial charge in [-0.2, -0.15) is 0 Å². The highest BCUT2D eigenvalue weighted by molar-refractivity contribution is 7.09. The summed E-state index contributed by atoms with van der Waals surface area (Å²) in [6, 6.07) is -0.447. The number of carboxylic acids is 1. The molecule has 1 aliphatic rings. The molecule has 1 saturated carbocycles. The molecule has 2 amide bonds. The summed E-state index contributed by atoms with van der Waals surface area (Å²) in [7, 11) is 1.67. The highest BCUT2D eigenvalue weighted by Crippen LogP contribution is 2.22. The molecule has 0 spiro atoms. The van der Waals surface area contributed by atoms with Crippen molar-refractivity contribution in [3.63, 3.8) is 0 Å². The molecule has 7 nitrogen and oxygen atoms in total. The third kappa shape index (κ3) is 3.92. The fourth-order valence-corrected chi connectivity index (χ4v) is 3.17. The number of aromatic carboxylic acids is 1. The minimum absolute atomic E-state index is 0.0136. The van der Waals surface area contributed by atoms with E-state index in [1.165, 1.54) is 21.6 Å². The van der Waals surface area contributed by atoms with Crippen molar-refractivity contribution in [2.24, 2.45) is 0 Å². The lowest BCUT2D eigenvalue weighted by atomic mass is 9.92. The Morgan fingerprint density at radius 2 is 2.19 bits per heavy atom. The Morgan fingerprint density at radius 3 is 2.81 bits per heavy atom. The summed E-state index contributed by atoms with van der Waals surface area (Å²) in [5.41, 5.74) is -0.0136. The topological polar surface area (TPSA) is 103 Å². The first-order valence-electron chi connectivity index (χ1n) is 6.85. The first-order valence-corrected chi connectivity index (χ1v) is 7.73. The summed E-state index contributed by atoms with van der Waals surface area (Å²) in [4.78, 5) is 28.2. The Balaban J connectivity index is 1.86. The van der Waals surface area contributed by atoms with Crippen molar-refractivity contribution in [1.29, 1.82) is 0 Å². The Kier molecular flexibility index (Phi) is 5.13. The molecule has 8 heteroatoms. The van der Waals surface area contributed by atoms with Crippen LogP contribution in [-0.4, -0.2) is 51.3 Å². The van der Waals surface area contributed by atoms with E-state index in [4.69, 9.17) is 5.11 Å². The summed E-state index contributed by atoms with van der Waals surface area (Å²) in [5, 5.41) is 23.4. The third-order valence-corrected chi connectivity index (χ3v) is 4.52. The van der Waals surface area contributed by atoms with Crippen molar-refractivity contribution < 1.29 is 19.8 Å². The Bertz CT molecular complexity index is 519. The van der Waals surface area contributed by atoms with Gasteiger partial charge in [-0.05, 0) is 12.8 Å². The van der Waals surface area contributed by atoms with Gasteiger partial charge in [0.2, 0.25) is 0 Å². The van der Waals surface area contributed by atoms with E-state index in [1.54, 1.807) is 7.05 Å². The van der Waals surface area contributed by atoms with E-state index in [0.29, 0.717) is 5.01 Å². The maximum atomic E-state index is 12.1. The van der Waals surface area contributed by atoms with Crippen molar-refractivity contribution in [2.75, 3.05) is 7.05 Å². The summed E-state index contributed by atoms with van der Waals surface area (Å²) in [5.74, 6) is -1.08. The number of aliphatic hydroxyl groups is 1. The quantitative estimate of drug-likeness (QED) is 0.777. The van der Waals surface area contributed by atoms with Crippen molar-refractivity contribution in [3.8, 4) is 0 Å². The number of likely N-dealkylation sites (N-methyl/N-ethyl adjacent to an activating group) is 1. The largest absolute Gasteiger partial charge is 0.476 e. The summed E-state index contributed by atoms with van der Waals surface area (Å²) >= 11 is 1.19. The first kappa shape index (κ1) is 15.7. The van der Waals surface area contributed by atoms with Gasteiger partial charge < -0.3 is 20.4 Å². The van der Waals surface area contributed by atoms with E-state index in [0.717, 1.165) is 25.7 Å². The zero-order valence-electron chi connectivity index (χ0n) is 11.8. The number of thiazole rings is 1. The second-order valence-electron chi connectivity index (χ2n) is 5.12. The van der Waals surface area contributed by atoms with Gasteiger partial charge in [0.05, 0.1) is 18.7 Å². The normalized spacial score (nSPS) is 21.8. The Hall–Kier alpha value is -1.67. The Labute approximate surface area is 126 Å². The molecular formula is C13H19N3O4S. The van der Waals surface area contributed by atoms with Crippen LogP contribution in [0, 0.1) is 0 Å². The van der Waals surface area contributed by atoms with Gasteiger partial charge in [0.25, 0.3) is 0 Å². The van der Waals surface area contributed by atoms with E-state index >= 15 is 0 Å². The standard InChI is InChI=1S/C13H19N3O4S/c1-16(9-4-2-3-5-10(9)17)13(20)14-6-11-15-8(7-21-11)12(18)19/h7,9-10,17H,2-6H2,1H3,(H,14,20)(H,18,19). The monoisotopic (exact) mass is 313 g/mol. The van der Waals surface area contributed by atoms with Crippen LogP contribution < -0.4 is 5.32 Å². The second kappa shape index (κ2) is 6.86. The van der Waals surface area contributed by atoms with Gasteiger partial charge in [-0.15, -0.1) is 11.3 Å². The predicted octanol–water partition coefficient (Wildman–Crippen LogP) is 1.29. The number of amides is 2. The summed E-state index contributed by atoms with van der Waals surface area (Å²) in [6.45, 7) is 0.184. The van der Waals surface area contributed by atoms with Crippen LogP contribution in [0.25, 0.3) is 0 Å². The van der Waals surface area contributed by atoms with Crippen molar-refractivity contribution in [2.45, 2.75) is 44.4 Å². The highest BCUT2D eigenvalue weighted by Gasteiger charge is 2.29. The van der Waals surface area contributed by atoms with Crippen molar-refractivity contribution in [3.05, 3.63) is 16.1 Å². The molecule has 2 rings (SSSR count). The van der Waals surface area contributed by atoms with E-state index in [-0.39, 0.29) is 24.3 Å². The molecule has 116 valence electrons. The zero-order valence-corrected chi connectivity index (χ0v) is 12.6. The van der Waals surface area contributed by atoms with Crippen LogP contribution in [0.3, 0.4) is 0 Å². The van der Waals surface area contributed by atoms with E-state index in [9.17, 15) is 14.7 Å². The number of hydrogen-bond acceptors (Lipinski definition) is 5. The lowest BCUT2D eigenvalue weighted by Gasteiger charge is -2.35. The molecule has 0 radical (unpaired) electrons. The number of nitrogens with one attached hydrogen (secondary N) is 1. The number of carbonyl (C=O) groups excluding carboxylic acids is 1. The molecule has 1 aliphatic carbocycles. The number of carboxylic acid groups (broad SMARTS) is 1. The third-order valence-electron chi connectivity index (χ3n) is 3.67. The van der Waals surface area contributed by atoms with Crippen molar-refractivity contribution in [1.82, 2.24) is 15.2 Å². The predicted molar refractivity (Wildman–Crippen MR) is 77.3 cm³/mol. The minimum Gasteiger partial charge on any atom is -0.476 e. The van der Waals surface area contributed by atoms with Gasteiger partial charge in [0.15, 0.2) is 5.69 Å². The first-order chi connectivity index (χ1) is 9.99. The molecule has 1 aromatic heterocycles. The highest BCUT2D eigenvalue weighted by atomic mass is 32.1. The molecular weight excluding hydrogens is 294 g/mol. The molecule has 0 aliphatic heterocycles. The number of urea groups is 1. The molecule has 1 heterocycles. The number of carbonyl (C=O) groups is 2. The van der Waals surface area contributed by atoms with Gasteiger partial charge >= 0.3 is 12.0 Å². The van der Waals surface area contributed by atoms with Crippen LogP contribution in [0.5, 0.6) is 0 Å². The maximum absolute atomic E-state index is 12.1. The van der Waals surface area contributed by atoms with Gasteiger partial charge in [-0.1, -0.05) is 12.8 Å². The number of nitrogens with zero attached hydrogens (tertiary/aromatic N) is 2. The molecule has 1 aromatic rings. The van der Waals surface area contributed by atoms with Gasteiger partial charge in [0, 0.05) is 12.4 Å². The summed E-state index contributed by atoms with van der Waals surface area (Å²) < 4.78 is 0. The van der Waals surface area contributed by atoms with Gasteiger partial charge in [-0.25, -0.2) is 14.6 Å². The lowest BCUT2D eigenvalue weighted by molar-refractivity contribution is 0.0464. The van der Waals surface area contributed by atoms with Crippen LogP contribution in [0.15, 0.2) is 5.38 Å².